The van der Waals surface area contributed by atoms with Crippen molar-refractivity contribution in [3.8, 4) is 0 Å². The maximum Gasteiger partial charge on any atom is 0.472 e. The Bertz CT molecular complexity index is 1830. The lowest BCUT2D eigenvalue weighted by Gasteiger charge is -2.21. The molecule has 0 aromatic carbocycles. The first-order valence-corrected chi connectivity index (χ1v) is 39.4. The lowest BCUT2D eigenvalue weighted by Crippen LogP contribution is -2.30. The molecule has 0 bridgehead atoms. The molecule has 0 spiro atoms. The number of phosphoric ester groups is 2. The van der Waals surface area contributed by atoms with Gasteiger partial charge in [0, 0.05) is 25.7 Å². The van der Waals surface area contributed by atoms with Gasteiger partial charge in [-0.25, -0.2) is 9.13 Å². The topological polar surface area (TPSA) is 237 Å². The molecule has 2 unspecified atom stereocenters. The van der Waals surface area contributed by atoms with Gasteiger partial charge in [0.25, 0.3) is 0 Å². The number of hydrogen-bond donors (Lipinski definition) is 3. The Morgan fingerprint density at radius 1 is 0.344 bits per heavy atom. The monoisotopic (exact) mass is 1320 g/mol. The predicted molar refractivity (Wildman–Crippen MR) is 363 cm³/mol. The molecule has 0 aliphatic carbocycles. The molecule has 0 aliphatic rings. The molecular weight excluding hydrogens is 1190 g/mol. The zero-order chi connectivity index (χ0) is 66.3. The number of aliphatic hydroxyl groups is 1. The molecule has 0 fully saturated rings. The van der Waals surface area contributed by atoms with E-state index in [1.54, 1.807) is 0 Å². The molecule has 19 heteroatoms. The Morgan fingerprint density at radius 3 is 0.911 bits per heavy atom. The largest absolute Gasteiger partial charge is 0.472 e. The maximum absolute atomic E-state index is 13.0. The van der Waals surface area contributed by atoms with E-state index in [4.69, 9.17) is 37.0 Å². The Hall–Kier alpha value is -2.46. The highest BCUT2D eigenvalue weighted by molar-refractivity contribution is 7.47. The summed E-state index contributed by atoms with van der Waals surface area (Å²) in [6.07, 6.45) is 53.8. The fourth-order valence-corrected chi connectivity index (χ4v) is 11.9. The molecule has 0 aliphatic heterocycles. The van der Waals surface area contributed by atoms with Crippen molar-refractivity contribution in [2.24, 2.45) is 5.92 Å². The second kappa shape index (κ2) is 63.9. The van der Waals surface area contributed by atoms with Gasteiger partial charge in [0.05, 0.1) is 26.4 Å². The number of unbranched alkanes of at least 4 members (excludes halogenated alkanes) is 38. The summed E-state index contributed by atoms with van der Waals surface area (Å²) in [6, 6.07) is 0. The maximum atomic E-state index is 13.0. The summed E-state index contributed by atoms with van der Waals surface area (Å²) in [6.45, 7) is 7.11. The van der Waals surface area contributed by atoms with Crippen molar-refractivity contribution in [2.45, 2.75) is 361 Å². The zero-order valence-electron chi connectivity index (χ0n) is 57.8. The van der Waals surface area contributed by atoms with Gasteiger partial charge in [-0.15, -0.1) is 0 Å². The summed E-state index contributed by atoms with van der Waals surface area (Å²) >= 11 is 0. The average molecular weight is 1320 g/mol. The second-order valence-electron chi connectivity index (χ2n) is 25.4. The Labute approximate surface area is 548 Å². The van der Waals surface area contributed by atoms with Gasteiger partial charge in [-0.2, -0.15) is 0 Å². The van der Waals surface area contributed by atoms with Crippen LogP contribution >= 0.6 is 15.6 Å². The van der Waals surface area contributed by atoms with E-state index in [9.17, 15) is 43.2 Å². The number of carbonyl (C=O) groups excluding carboxylic acids is 4. The van der Waals surface area contributed by atoms with Crippen LogP contribution in [-0.2, 0) is 65.4 Å². The minimum atomic E-state index is -4.96. The Kier molecular flexibility index (Phi) is 62.2. The molecule has 90 heavy (non-hydrogen) atoms. The summed E-state index contributed by atoms with van der Waals surface area (Å²) in [7, 11) is -9.90. The highest BCUT2D eigenvalue weighted by atomic mass is 31.2. The van der Waals surface area contributed by atoms with Crippen LogP contribution in [0.5, 0.6) is 0 Å². The third kappa shape index (κ3) is 64.3. The van der Waals surface area contributed by atoms with Crippen LogP contribution in [0.3, 0.4) is 0 Å². The van der Waals surface area contributed by atoms with Gasteiger partial charge in [-0.05, 0) is 57.3 Å². The van der Waals surface area contributed by atoms with Crippen LogP contribution < -0.4 is 0 Å². The van der Waals surface area contributed by atoms with Crippen LogP contribution in [0.2, 0.25) is 0 Å². The molecule has 0 amide bonds. The average Bonchev–Trinajstić information content (AvgIpc) is 3.66. The van der Waals surface area contributed by atoms with Crippen molar-refractivity contribution < 1.29 is 80.2 Å². The number of aliphatic hydroxyl groups excluding tert-OH is 1. The van der Waals surface area contributed by atoms with Crippen LogP contribution in [0, 0.1) is 5.92 Å². The number of esters is 4. The third-order valence-electron chi connectivity index (χ3n) is 15.9. The first-order valence-electron chi connectivity index (χ1n) is 36.5. The van der Waals surface area contributed by atoms with Crippen molar-refractivity contribution in [1.82, 2.24) is 0 Å². The van der Waals surface area contributed by atoms with Gasteiger partial charge in [0.15, 0.2) is 12.2 Å². The fraction of sp³-hybridized carbons (Fsp3) is 0.887. The molecule has 17 nitrogen and oxygen atoms in total. The zero-order valence-corrected chi connectivity index (χ0v) is 59.5. The minimum Gasteiger partial charge on any atom is -0.462 e. The van der Waals surface area contributed by atoms with E-state index in [1.165, 1.54) is 148 Å². The number of ether oxygens (including phenoxy) is 4. The van der Waals surface area contributed by atoms with Gasteiger partial charge < -0.3 is 33.8 Å². The smallest absolute Gasteiger partial charge is 0.462 e. The molecule has 0 aromatic rings. The fourth-order valence-electron chi connectivity index (χ4n) is 10.3. The molecule has 0 saturated carbocycles. The summed E-state index contributed by atoms with van der Waals surface area (Å²) in [4.78, 5) is 72.3. The van der Waals surface area contributed by atoms with Crippen LogP contribution in [-0.4, -0.2) is 96.7 Å². The molecular formula is C71H134O17P2. The third-order valence-corrected chi connectivity index (χ3v) is 17.8. The van der Waals surface area contributed by atoms with Crippen molar-refractivity contribution in [3.05, 3.63) is 24.3 Å². The van der Waals surface area contributed by atoms with Crippen LogP contribution in [0.25, 0.3) is 0 Å². The van der Waals surface area contributed by atoms with Crippen molar-refractivity contribution in [3.63, 3.8) is 0 Å². The SMILES string of the molecule is CCCCCC/C=C\C=C/CCCCCCCC(=O)O[C@H](COC(=O)CCCCCCCCCCCCCCC(C)C)COP(=O)(O)OC[C@@H](O)COP(=O)(O)OC[C@@H](COC(=O)CCCCCCC)OC(=O)CCCCCCCCCCCCCCCCC. The van der Waals surface area contributed by atoms with E-state index in [0.29, 0.717) is 25.7 Å². The van der Waals surface area contributed by atoms with E-state index >= 15 is 0 Å². The molecule has 0 heterocycles. The van der Waals surface area contributed by atoms with E-state index in [-0.39, 0.29) is 25.7 Å². The van der Waals surface area contributed by atoms with Crippen molar-refractivity contribution in [2.75, 3.05) is 39.6 Å². The van der Waals surface area contributed by atoms with E-state index in [1.807, 2.05) is 0 Å². The molecule has 0 rings (SSSR count). The predicted octanol–water partition coefficient (Wildman–Crippen LogP) is 20.1. The highest BCUT2D eigenvalue weighted by Crippen LogP contribution is 2.45. The standard InChI is InChI=1S/C71H134O17P2/c1-6-9-12-15-17-19-21-23-25-27-33-37-41-46-51-56-70(75)87-66(60-81-68(73)54-49-43-14-11-8-3)62-85-89(77,78)83-58-65(72)59-84-90(79,80)86-63-67(88-71(76)57-52-47-42-38-34-28-26-24-22-20-18-16-13-10-7-2)61-82-69(74)55-50-45-40-36-32-30-29-31-35-39-44-48-53-64(4)5/h20,22,24,26,64-67,72H,6-19,21,23,25,27-63H2,1-5H3,(H,77,78)(H,79,80)/b22-20-,26-24-/t65-,66+,67+/m0/s1. The molecule has 3 N–H and O–H groups in total. The van der Waals surface area contributed by atoms with E-state index in [0.717, 1.165) is 115 Å². The number of carbonyl (C=O) groups is 4. The van der Waals surface area contributed by atoms with Gasteiger partial charge in [-0.1, -0.05) is 290 Å². The number of phosphoric acid groups is 2. The minimum absolute atomic E-state index is 0.0852. The van der Waals surface area contributed by atoms with Crippen LogP contribution in [0.15, 0.2) is 24.3 Å². The van der Waals surface area contributed by atoms with Gasteiger partial charge in [-0.3, -0.25) is 37.3 Å². The summed E-state index contributed by atoms with van der Waals surface area (Å²) in [5, 5.41) is 10.6. The Morgan fingerprint density at radius 2 is 0.600 bits per heavy atom. The van der Waals surface area contributed by atoms with Crippen LogP contribution in [0.1, 0.15) is 343 Å². The number of allylic oxidation sites excluding steroid dienone is 4. The molecule has 530 valence electrons. The number of rotatable bonds is 69. The van der Waals surface area contributed by atoms with Crippen molar-refractivity contribution in [1.29, 1.82) is 0 Å². The van der Waals surface area contributed by atoms with Gasteiger partial charge in [0.1, 0.15) is 19.3 Å². The van der Waals surface area contributed by atoms with Crippen molar-refractivity contribution >= 4 is 39.5 Å². The first kappa shape index (κ1) is 87.5. The van der Waals surface area contributed by atoms with Crippen LogP contribution in [0.4, 0.5) is 0 Å². The van der Waals surface area contributed by atoms with E-state index < -0.39 is 97.5 Å². The quantitative estimate of drug-likeness (QED) is 0.0169. The Balaban J connectivity index is 5.19. The highest BCUT2D eigenvalue weighted by Gasteiger charge is 2.30. The molecule has 0 aromatic heterocycles. The molecule has 5 atom stereocenters. The molecule has 0 saturated heterocycles. The molecule has 0 radical (unpaired) electrons. The first-order chi connectivity index (χ1) is 43.5. The second-order valence-corrected chi connectivity index (χ2v) is 28.3. The van der Waals surface area contributed by atoms with Gasteiger partial charge >= 0.3 is 39.5 Å². The van der Waals surface area contributed by atoms with Gasteiger partial charge in [0.2, 0.25) is 0 Å². The summed E-state index contributed by atoms with van der Waals surface area (Å²) in [5.41, 5.74) is 0. The number of hydrogen-bond acceptors (Lipinski definition) is 15. The summed E-state index contributed by atoms with van der Waals surface area (Å²) < 4.78 is 68.1. The lowest BCUT2D eigenvalue weighted by molar-refractivity contribution is -0.161. The van der Waals surface area contributed by atoms with E-state index in [2.05, 4.69) is 58.9 Å². The lowest BCUT2D eigenvalue weighted by atomic mass is 10.0. The summed E-state index contributed by atoms with van der Waals surface area (Å²) in [5.74, 6) is -1.38. The normalized spacial score (nSPS) is 14.2.